The molecule has 4 atom stereocenters. The molecule has 2 fully saturated rings. The average Bonchev–Trinajstić information content (AvgIpc) is 2.97. The van der Waals surface area contributed by atoms with E-state index in [1.165, 1.54) is 0 Å². The van der Waals surface area contributed by atoms with E-state index in [0.29, 0.717) is 39.1 Å². The Hall–Kier alpha value is -0.690. The Morgan fingerprint density at radius 2 is 1.74 bits per heavy atom. The van der Waals surface area contributed by atoms with Gasteiger partial charge in [0.15, 0.2) is 0 Å². The molecule has 0 aromatic heterocycles. The van der Waals surface area contributed by atoms with Crippen LogP contribution in [0.1, 0.15) is 57.8 Å². The molecule has 2 N–H and O–H groups in total. The van der Waals surface area contributed by atoms with Crippen LogP contribution in [0.4, 0.5) is 0 Å². The molecule has 2 aliphatic heterocycles. The second-order valence-corrected chi connectivity index (χ2v) is 6.65. The summed E-state index contributed by atoms with van der Waals surface area (Å²) in [5.74, 6) is -0.155. The summed E-state index contributed by atoms with van der Waals surface area (Å²) in [6.07, 6.45) is 6.24. The minimum Gasteiger partial charge on any atom is -0.465 e. The summed E-state index contributed by atoms with van der Waals surface area (Å²) >= 11 is 0. The Kier molecular flexibility index (Phi) is 8.30. The Balaban J connectivity index is 1.47. The number of hydrogen-bond donors (Lipinski definition) is 2. The molecule has 2 rings (SSSR count). The molecule has 0 bridgehead atoms. The van der Waals surface area contributed by atoms with E-state index in [2.05, 4.69) is 0 Å². The number of ether oxygens (including phenoxy) is 3. The lowest BCUT2D eigenvalue weighted by molar-refractivity contribution is -0.142. The van der Waals surface area contributed by atoms with Gasteiger partial charge in [-0.3, -0.25) is 4.79 Å². The van der Waals surface area contributed by atoms with E-state index in [1.807, 2.05) is 0 Å². The standard InChI is InChI=1S/C17H30O6/c18-14(5-4-13-8-11-22-17(13)20)2-1-3-15(19)6-7-16-9-10-21-12-23-16/h13-16,18-19H,1-12H2. The van der Waals surface area contributed by atoms with Gasteiger partial charge >= 0.3 is 5.97 Å². The number of carbonyl (C=O) groups is 1. The molecule has 2 saturated heterocycles. The molecule has 2 aliphatic rings. The first-order valence-electron chi connectivity index (χ1n) is 8.87. The Morgan fingerprint density at radius 3 is 2.35 bits per heavy atom. The molecular formula is C17H30O6. The van der Waals surface area contributed by atoms with Gasteiger partial charge in [0.1, 0.15) is 6.79 Å². The Labute approximate surface area is 138 Å². The summed E-state index contributed by atoms with van der Waals surface area (Å²) in [4.78, 5) is 11.3. The second kappa shape index (κ2) is 10.2. The number of esters is 1. The van der Waals surface area contributed by atoms with Crippen LogP contribution in [0.5, 0.6) is 0 Å². The summed E-state index contributed by atoms with van der Waals surface area (Å²) in [7, 11) is 0. The minimum absolute atomic E-state index is 0.0327. The topological polar surface area (TPSA) is 85.2 Å². The van der Waals surface area contributed by atoms with E-state index in [0.717, 1.165) is 38.7 Å². The summed E-state index contributed by atoms with van der Waals surface area (Å²) < 4.78 is 15.5. The van der Waals surface area contributed by atoms with Crippen LogP contribution in [0.15, 0.2) is 0 Å². The fraction of sp³-hybridized carbons (Fsp3) is 0.941. The quantitative estimate of drug-likeness (QED) is 0.594. The monoisotopic (exact) mass is 330 g/mol. The summed E-state index contributed by atoms with van der Waals surface area (Å²) in [5, 5.41) is 20.0. The number of cyclic esters (lactones) is 1. The molecule has 2 heterocycles. The zero-order valence-corrected chi connectivity index (χ0v) is 13.8. The van der Waals surface area contributed by atoms with Crippen LogP contribution in [0.3, 0.4) is 0 Å². The van der Waals surface area contributed by atoms with Crippen molar-refractivity contribution in [1.82, 2.24) is 0 Å². The maximum absolute atomic E-state index is 11.3. The van der Waals surface area contributed by atoms with Gasteiger partial charge in [0.2, 0.25) is 0 Å². The zero-order valence-electron chi connectivity index (χ0n) is 13.8. The molecule has 0 aromatic carbocycles. The zero-order chi connectivity index (χ0) is 16.5. The maximum Gasteiger partial charge on any atom is 0.309 e. The lowest BCUT2D eigenvalue weighted by atomic mass is 9.96. The maximum atomic E-state index is 11.3. The number of aliphatic hydroxyl groups excluding tert-OH is 2. The number of aliphatic hydroxyl groups is 2. The molecule has 0 radical (unpaired) electrons. The Bertz CT molecular complexity index is 342. The van der Waals surface area contributed by atoms with Crippen molar-refractivity contribution in [2.75, 3.05) is 20.0 Å². The first-order chi connectivity index (χ1) is 11.1. The molecule has 0 amide bonds. The summed E-state index contributed by atoms with van der Waals surface area (Å²) in [6, 6.07) is 0. The third kappa shape index (κ3) is 7.16. The van der Waals surface area contributed by atoms with Gasteiger partial charge in [-0.15, -0.1) is 0 Å². The van der Waals surface area contributed by atoms with Crippen LogP contribution >= 0.6 is 0 Å². The molecule has 6 heteroatoms. The number of rotatable bonds is 10. The van der Waals surface area contributed by atoms with Gasteiger partial charge in [-0.25, -0.2) is 0 Å². The molecule has 0 aliphatic carbocycles. The molecule has 0 saturated carbocycles. The smallest absolute Gasteiger partial charge is 0.309 e. The van der Waals surface area contributed by atoms with E-state index in [1.54, 1.807) is 0 Å². The Morgan fingerprint density at radius 1 is 1.00 bits per heavy atom. The molecular weight excluding hydrogens is 300 g/mol. The van der Waals surface area contributed by atoms with Gasteiger partial charge in [-0.05, 0) is 57.8 Å². The van der Waals surface area contributed by atoms with Gasteiger partial charge in [0.05, 0.1) is 37.4 Å². The highest BCUT2D eigenvalue weighted by Gasteiger charge is 2.26. The van der Waals surface area contributed by atoms with E-state index in [-0.39, 0.29) is 24.1 Å². The normalized spacial score (nSPS) is 27.7. The fourth-order valence-corrected chi connectivity index (χ4v) is 3.18. The lowest BCUT2D eigenvalue weighted by Crippen LogP contribution is -2.25. The van der Waals surface area contributed by atoms with Crippen LogP contribution in [-0.2, 0) is 19.0 Å². The van der Waals surface area contributed by atoms with Crippen molar-refractivity contribution in [3.63, 3.8) is 0 Å². The first-order valence-corrected chi connectivity index (χ1v) is 8.87. The predicted molar refractivity (Wildman–Crippen MR) is 83.7 cm³/mol. The van der Waals surface area contributed by atoms with Gasteiger partial charge in [-0.2, -0.15) is 0 Å². The second-order valence-electron chi connectivity index (χ2n) is 6.65. The predicted octanol–water partition coefficient (Wildman–Crippen LogP) is 1.77. The van der Waals surface area contributed by atoms with Crippen molar-refractivity contribution >= 4 is 5.97 Å². The average molecular weight is 330 g/mol. The van der Waals surface area contributed by atoms with E-state index >= 15 is 0 Å². The largest absolute Gasteiger partial charge is 0.465 e. The highest BCUT2D eigenvalue weighted by atomic mass is 16.7. The third-order valence-electron chi connectivity index (χ3n) is 4.76. The van der Waals surface area contributed by atoms with Crippen molar-refractivity contribution in [1.29, 1.82) is 0 Å². The molecule has 6 nitrogen and oxygen atoms in total. The van der Waals surface area contributed by atoms with Crippen LogP contribution < -0.4 is 0 Å². The van der Waals surface area contributed by atoms with Gasteiger partial charge in [0.25, 0.3) is 0 Å². The van der Waals surface area contributed by atoms with Crippen LogP contribution in [-0.4, -0.2) is 54.5 Å². The van der Waals surface area contributed by atoms with Gasteiger partial charge in [0, 0.05) is 0 Å². The highest BCUT2D eigenvalue weighted by molar-refractivity contribution is 5.73. The molecule has 0 spiro atoms. The minimum atomic E-state index is -0.394. The van der Waals surface area contributed by atoms with Crippen LogP contribution in [0.2, 0.25) is 0 Å². The van der Waals surface area contributed by atoms with Crippen molar-refractivity contribution in [2.24, 2.45) is 5.92 Å². The van der Waals surface area contributed by atoms with E-state index in [9.17, 15) is 15.0 Å². The van der Waals surface area contributed by atoms with Gasteiger partial charge < -0.3 is 24.4 Å². The molecule has 134 valence electrons. The van der Waals surface area contributed by atoms with E-state index < -0.39 is 6.10 Å². The number of hydrogen-bond acceptors (Lipinski definition) is 6. The summed E-state index contributed by atoms with van der Waals surface area (Å²) in [6.45, 7) is 1.62. The molecule has 0 aromatic rings. The van der Waals surface area contributed by atoms with Crippen molar-refractivity contribution in [2.45, 2.75) is 76.1 Å². The third-order valence-corrected chi connectivity index (χ3v) is 4.76. The summed E-state index contributed by atoms with van der Waals surface area (Å²) in [5.41, 5.74) is 0. The van der Waals surface area contributed by atoms with Gasteiger partial charge in [-0.1, -0.05) is 0 Å². The molecule has 23 heavy (non-hydrogen) atoms. The van der Waals surface area contributed by atoms with E-state index in [4.69, 9.17) is 14.2 Å². The van der Waals surface area contributed by atoms with Crippen molar-refractivity contribution in [3.05, 3.63) is 0 Å². The highest BCUT2D eigenvalue weighted by Crippen LogP contribution is 2.22. The fourth-order valence-electron chi connectivity index (χ4n) is 3.18. The van der Waals surface area contributed by atoms with Crippen molar-refractivity contribution < 1.29 is 29.2 Å². The number of carbonyl (C=O) groups excluding carboxylic acids is 1. The molecule has 4 unspecified atom stereocenters. The lowest BCUT2D eigenvalue weighted by Gasteiger charge is -2.23. The SMILES string of the molecule is O=C1OCCC1CCC(O)CCCC(O)CCC1CCOCO1. The first kappa shape index (κ1) is 18.6. The van der Waals surface area contributed by atoms with Crippen LogP contribution in [0, 0.1) is 5.92 Å². The van der Waals surface area contributed by atoms with Crippen LogP contribution in [0.25, 0.3) is 0 Å². The van der Waals surface area contributed by atoms with Crippen molar-refractivity contribution in [3.8, 4) is 0 Å².